The van der Waals surface area contributed by atoms with Gasteiger partial charge >= 0.3 is 0 Å². The molecule has 0 spiro atoms. The van der Waals surface area contributed by atoms with Crippen LogP contribution in [-0.4, -0.2) is 27.4 Å². The van der Waals surface area contributed by atoms with Crippen molar-refractivity contribution < 1.29 is 4.79 Å². The van der Waals surface area contributed by atoms with E-state index in [1.165, 1.54) is 5.56 Å². The van der Waals surface area contributed by atoms with E-state index in [4.69, 9.17) is 12.2 Å². The van der Waals surface area contributed by atoms with Crippen LogP contribution in [0.3, 0.4) is 0 Å². The first kappa shape index (κ1) is 13.9. The molecule has 1 amide bonds. The van der Waals surface area contributed by atoms with Gasteiger partial charge in [-0.1, -0.05) is 0 Å². The fourth-order valence-corrected chi connectivity index (χ4v) is 3.10. The number of carbonyl (C=O) groups excluding carboxylic acids is 1. The second-order valence-electron chi connectivity index (χ2n) is 4.60. The van der Waals surface area contributed by atoms with Crippen LogP contribution in [0.5, 0.6) is 0 Å². The molecule has 3 rings (SSSR count). The molecule has 6 heteroatoms. The van der Waals surface area contributed by atoms with E-state index in [-0.39, 0.29) is 5.91 Å². The van der Waals surface area contributed by atoms with Gasteiger partial charge in [-0.2, -0.15) is 11.3 Å². The molecule has 1 fully saturated rings. The lowest BCUT2D eigenvalue weighted by atomic mass is 10.2. The summed E-state index contributed by atoms with van der Waals surface area (Å²) in [6.45, 7) is 0.686. The summed E-state index contributed by atoms with van der Waals surface area (Å²) in [7, 11) is 0. The standard InChI is InChI=1S/C15H13N3OS2/c19-14-13(9-11-1-5-16-6-2-11)18(15(20)17-14)7-3-12-4-8-21-10-12/h1-2,4-6,8-10H,3,7H2,(H,17,19,20)/b13-9+. The van der Waals surface area contributed by atoms with E-state index in [1.54, 1.807) is 23.7 Å². The lowest BCUT2D eigenvalue weighted by Gasteiger charge is -2.17. The van der Waals surface area contributed by atoms with Crippen LogP contribution in [0.25, 0.3) is 6.08 Å². The summed E-state index contributed by atoms with van der Waals surface area (Å²) in [6, 6.07) is 5.81. The molecule has 2 aromatic heterocycles. The van der Waals surface area contributed by atoms with E-state index < -0.39 is 0 Å². The zero-order valence-corrected chi connectivity index (χ0v) is 12.8. The number of thiophene rings is 1. The quantitative estimate of drug-likeness (QED) is 0.695. The van der Waals surface area contributed by atoms with Gasteiger partial charge in [0.05, 0.1) is 0 Å². The van der Waals surface area contributed by atoms with Crippen molar-refractivity contribution in [1.29, 1.82) is 0 Å². The summed E-state index contributed by atoms with van der Waals surface area (Å²) in [5, 5.41) is 7.33. The van der Waals surface area contributed by atoms with Gasteiger partial charge in [0, 0.05) is 18.9 Å². The zero-order valence-electron chi connectivity index (χ0n) is 11.2. The minimum absolute atomic E-state index is 0.151. The molecule has 1 aliphatic rings. The van der Waals surface area contributed by atoms with Crippen LogP contribution < -0.4 is 5.32 Å². The Labute approximate surface area is 132 Å². The van der Waals surface area contributed by atoms with Crippen molar-refractivity contribution in [2.24, 2.45) is 0 Å². The maximum atomic E-state index is 12.0. The predicted molar refractivity (Wildman–Crippen MR) is 87.7 cm³/mol. The van der Waals surface area contributed by atoms with Gasteiger partial charge in [0.1, 0.15) is 5.70 Å². The van der Waals surface area contributed by atoms with Gasteiger partial charge in [0.25, 0.3) is 5.91 Å². The molecule has 4 nitrogen and oxygen atoms in total. The van der Waals surface area contributed by atoms with Crippen molar-refractivity contribution in [3.8, 4) is 0 Å². The highest BCUT2D eigenvalue weighted by molar-refractivity contribution is 7.80. The number of aromatic nitrogens is 1. The molecule has 21 heavy (non-hydrogen) atoms. The Hall–Kier alpha value is -2.05. The maximum Gasteiger partial charge on any atom is 0.274 e. The number of hydrogen-bond donors (Lipinski definition) is 1. The Morgan fingerprint density at radius 3 is 2.86 bits per heavy atom. The third-order valence-electron chi connectivity index (χ3n) is 3.20. The summed E-state index contributed by atoms with van der Waals surface area (Å²) in [5.41, 5.74) is 2.77. The molecule has 0 atom stereocenters. The Morgan fingerprint density at radius 1 is 1.33 bits per heavy atom. The Bertz CT molecular complexity index is 680. The van der Waals surface area contributed by atoms with E-state index in [9.17, 15) is 4.79 Å². The van der Waals surface area contributed by atoms with E-state index in [2.05, 4.69) is 27.1 Å². The van der Waals surface area contributed by atoms with Crippen molar-refractivity contribution in [2.45, 2.75) is 6.42 Å². The molecule has 0 radical (unpaired) electrons. The zero-order chi connectivity index (χ0) is 14.7. The summed E-state index contributed by atoms with van der Waals surface area (Å²) >= 11 is 6.92. The van der Waals surface area contributed by atoms with E-state index >= 15 is 0 Å². The average molecular weight is 315 g/mol. The summed E-state index contributed by atoms with van der Waals surface area (Å²) in [4.78, 5) is 17.9. The van der Waals surface area contributed by atoms with Crippen LogP contribution in [-0.2, 0) is 11.2 Å². The number of amides is 1. The topological polar surface area (TPSA) is 45.2 Å². The molecule has 106 valence electrons. The molecule has 0 unspecified atom stereocenters. The van der Waals surface area contributed by atoms with Crippen LogP contribution in [0.15, 0.2) is 47.0 Å². The van der Waals surface area contributed by atoms with Crippen molar-refractivity contribution in [1.82, 2.24) is 15.2 Å². The minimum atomic E-state index is -0.151. The van der Waals surface area contributed by atoms with Crippen LogP contribution >= 0.6 is 23.6 Å². The molecule has 0 aromatic carbocycles. The van der Waals surface area contributed by atoms with Crippen LogP contribution in [0.1, 0.15) is 11.1 Å². The normalized spacial score (nSPS) is 16.6. The molecule has 0 bridgehead atoms. The molecule has 0 aliphatic carbocycles. The molecule has 1 saturated heterocycles. The van der Waals surface area contributed by atoms with Crippen molar-refractivity contribution in [2.75, 3.05) is 6.54 Å². The second-order valence-corrected chi connectivity index (χ2v) is 5.77. The van der Waals surface area contributed by atoms with Crippen LogP contribution in [0.2, 0.25) is 0 Å². The average Bonchev–Trinajstić information content (AvgIpc) is 3.08. The maximum absolute atomic E-state index is 12.0. The van der Waals surface area contributed by atoms with Gasteiger partial charge in [0.15, 0.2) is 5.11 Å². The Kier molecular flexibility index (Phi) is 4.08. The largest absolute Gasteiger partial charge is 0.314 e. The first-order valence-corrected chi connectivity index (χ1v) is 7.85. The number of nitrogens with zero attached hydrogens (tertiary/aromatic N) is 2. The lowest BCUT2D eigenvalue weighted by Crippen LogP contribution is -2.29. The first-order valence-electron chi connectivity index (χ1n) is 6.50. The minimum Gasteiger partial charge on any atom is -0.314 e. The third kappa shape index (κ3) is 3.17. The fourth-order valence-electron chi connectivity index (χ4n) is 2.12. The van der Waals surface area contributed by atoms with Crippen LogP contribution in [0.4, 0.5) is 0 Å². The SMILES string of the molecule is O=C1NC(=S)N(CCc2ccsc2)/C1=C/c1ccncc1. The summed E-state index contributed by atoms with van der Waals surface area (Å²) in [5.74, 6) is -0.151. The predicted octanol–water partition coefficient (Wildman–Crippen LogP) is 2.44. The monoisotopic (exact) mass is 315 g/mol. The second kappa shape index (κ2) is 6.15. The highest BCUT2D eigenvalue weighted by Crippen LogP contribution is 2.18. The first-order chi connectivity index (χ1) is 10.2. The molecule has 1 aliphatic heterocycles. The summed E-state index contributed by atoms with van der Waals surface area (Å²) < 4.78 is 0. The molecule has 3 heterocycles. The molecular formula is C15H13N3OS2. The molecule has 0 saturated carbocycles. The number of nitrogens with one attached hydrogen (secondary N) is 1. The number of pyridine rings is 1. The van der Waals surface area contributed by atoms with Gasteiger partial charge in [-0.3, -0.25) is 15.1 Å². The Balaban J connectivity index is 1.81. The third-order valence-corrected chi connectivity index (χ3v) is 4.26. The molecule has 1 N–H and O–H groups in total. The Morgan fingerprint density at radius 2 is 2.14 bits per heavy atom. The van der Waals surface area contributed by atoms with Gasteiger partial charge in [-0.15, -0.1) is 0 Å². The summed E-state index contributed by atoms with van der Waals surface area (Å²) in [6.07, 6.45) is 6.09. The van der Waals surface area contributed by atoms with Crippen molar-refractivity contribution in [3.05, 3.63) is 58.2 Å². The van der Waals surface area contributed by atoms with Gasteiger partial charge < -0.3 is 4.90 Å². The fraction of sp³-hybridized carbons (Fsp3) is 0.133. The van der Waals surface area contributed by atoms with Gasteiger partial charge in [-0.25, -0.2) is 0 Å². The van der Waals surface area contributed by atoms with E-state index in [0.29, 0.717) is 17.4 Å². The number of rotatable bonds is 4. The van der Waals surface area contributed by atoms with Crippen LogP contribution in [0, 0.1) is 0 Å². The highest BCUT2D eigenvalue weighted by atomic mass is 32.1. The van der Waals surface area contributed by atoms with Gasteiger partial charge in [0.2, 0.25) is 0 Å². The van der Waals surface area contributed by atoms with E-state index in [1.807, 2.05) is 23.1 Å². The number of thiocarbonyl (C=S) groups is 1. The van der Waals surface area contributed by atoms with Crippen molar-refractivity contribution >= 4 is 40.7 Å². The lowest BCUT2D eigenvalue weighted by molar-refractivity contribution is -0.115. The number of hydrogen-bond acceptors (Lipinski definition) is 4. The molecule has 2 aromatic rings. The smallest absolute Gasteiger partial charge is 0.274 e. The molecular weight excluding hydrogens is 302 g/mol. The van der Waals surface area contributed by atoms with Gasteiger partial charge in [-0.05, 0) is 64.8 Å². The van der Waals surface area contributed by atoms with E-state index in [0.717, 1.165) is 12.0 Å². The highest BCUT2D eigenvalue weighted by Gasteiger charge is 2.29. The van der Waals surface area contributed by atoms with Crippen molar-refractivity contribution in [3.63, 3.8) is 0 Å². The number of carbonyl (C=O) groups is 1.